The number of carbonyl (C=O) groups excluding carboxylic acids is 1. The van der Waals surface area contributed by atoms with Gasteiger partial charge in [-0.05, 0) is 79.1 Å². The molecule has 0 fully saturated rings. The van der Waals surface area contributed by atoms with E-state index in [0.717, 1.165) is 11.1 Å². The minimum Gasteiger partial charge on any atom is -0.465 e. The van der Waals surface area contributed by atoms with Crippen molar-refractivity contribution in [2.45, 2.75) is 24.5 Å². The van der Waals surface area contributed by atoms with E-state index in [2.05, 4.69) is 14.2 Å². The molecule has 0 bridgehead atoms. The number of hydrogen-bond donors (Lipinski definition) is 2. The summed E-state index contributed by atoms with van der Waals surface area (Å²) in [4.78, 5) is 11.5. The van der Waals surface area contributed by atoms with Crippen LogP contribution in [0.2, 0.25) is 0 Å². The Morgan fingerprint density at radius 3 is 1.97 bits per heavy atom. The summed E-state index contributed by atoms with van der Waals surface area (Å²) in [6.07, 6.45) is 0. The number of benzene rings is 3. The number of carbonyl (C=O) groups is 1. The molecule has 174 valence electrons. The number of esters is 1. The van der Waals surface area contributed by atoms with Gasteiger partial charge in [0.2, 0.25) is 10.0 Å². The average molecular weight is 489 g/mol. The van der Waals surface area contributed by atoms with Crippen LogP contribution in [0.15, 0.2) is 71.6 Å². The molecule has 0 atom stereocenters. The Balaban J connectivity index is 1.68. The van der Waals surface area contributed by atoms with Crippen LogP contribution in [0, 0.1) is 13.8 Å². The maximum Gasteiger partial charge on any atom is 0.337 e. The second-order valence-corrected chi connectivity index (χ2v) is 10.9. The molecule has 33 heavy (non-hydrogen) atoms. The molecule has 0 aliphatic rings. The van der Waals surface area contributed by atoms with Gasteiger partial charge in [-0.3, -0.25) is 9.44 Å². The molecule has 0 saturated heterocycles. The van der Waals surface area contributed by atoms with E-state index >= 15 is 0 Å². The third kappa shape index (κ3) is 6.33. The molecular formula is C23H24N2O6S2. The number of hydrogen-bond acceptors (Lipinski definition) is 6. The van der Waals surface area contributed by atoms with E-state index in [0.29, 0.717) is 16.8 Å². The van der Waals surface area contributed by atoms with E-state index in [-0.39, 0.29) is 16.3 Å². The highest BCUT2D eigenvalue weighted by atomic mass is 32.2. The van der Waals surface area contributed by atoms with Crippen LogP contribution in [0.5, 0.6) is 0 Å². The smallest absolute Gasteiger partial charge is 0.337 e. The van der Waals surface area contributed by atoms with Crippen LogP contribution < -0.4 is 9.44 Å². The van der Waals surface area contributed by atoms with Crippen molar-refractivity contribution < 1.29 is 26.4 Å². The van der Waals surface area contributed by atoms with Crippen molar-refractivity contribution in [2.24, 2.45) is 0 Å². The number of rotatable bonds is 8. The topological polar surface area (TPSA) is 119 Å². The molecule has 0 heterocycles. The molecule has 0 radical (unpaired) electrons. The van der Waals surface area contributed by atoms with Crippen molar-refractivity contribution in [3.8, 4) is 0 Å². The molecular weight excluding hydrogens is 464 g/mol. The van der Waals surface area contributed by atoms with E-state index < -0.39 is 26.0 Å². The second-order valence-electron chi connectivity index (χ2n) is 7.48. The minimum absolute atomic E-state index is 0.00192. The summed E-state index contributed by atoms with van der Waals surface area (Å²) in [6, 6.07) is 16.7. The first kappa shape index (κ1) is 24.3. The monoisotopic (exact) mass is 488 g/mol. The van der Waals surface area contributed by atoms with E-state index in [1.54, 1.807) is 12.1 Å². The maximum atomic E-state index is 12.7. The SMILES string of the molecule is COC(=O)c1ccc(CS(=O)(=O)Nc2ccc(S(=O)(=O)Nc3ccc(C)c(C)c3)cc2)cc1. The molecule has 0 unspecified atom stereocenters. The number of methoxy groups -OCH3 is 1. The van der Waals surface area contributed by atoms with E-state index in [4.69, 9.17) is 0 Å². The maximum absolute atomic E-state index is 12.7. The quantitative estimate of drug-likeness (QED) is 0.465. The van der Waals surface area contributed by atoms with Crippen LogP contribution in [0.4, 0.5) is 11.4 Å². The van der Waals surface area contributed by atoms with Gasteiger partial charge in [-0.25, -0.2) is 21.6 Å². The normalized spacial score (nSPS) is 11.6. The molecule has 0 spiro atoms. The Labute approximate surface area is 193 Å². The van der Waals surface area contributed by atoms with Crippen LogP contribution in [0.3, 0.4) is 0 Å². The van der Waals surface area contributed by atoms with E-state index in [1.807, 2.05) is 19.9 Å². The summed E-state index contributed by atoms with van der Waals surface area (Å²) in [5, 5.41) is 0. The lowest BCUT2D eigenvalue weighted by atomic mass is 10.1. The molecule has 3 aromatic carbocycles. The van der Waals surface area contributed by atoms with Crippen molar-refractivity contribution in [1.29, 1.82) is 0 Å². The lowest BCUT2D eigenvalue weighted by molar-refractivity contribution is 0.0600. The largest absolute Gasteiger partial charge is 0.465 e. The third-order valence-corrected chi connectivity index (χ3v) is 7.59. The predicted molar refractivity (Wildman–Crippen MR) is 127 cm³/mol. The lowest BCUT2D eigenvalue weighted by Crippen LogP contribution is -2.16. The van der Waals surface area contributed by atoms with Crippen LogP contribution >= 0.6 is 0 Å². The number of ether oxygens (including phenoxy) is 1. The Kier molecular flexibility index (Phi) is 7.09. The fourth-order valence-electron chi connectivity index (χ4n) is 3.01. The zero-order valence-electron chi connectivity index (χ0n) is 18.3. The molecule has 0 aliphatic carbocycles. The Hall–Kier alpha value is -3.37. The first-order valence-corrected chi connectivity index (χ1v) is 13.0. The molecule has 3 aromatic rings. The summed E-state index contributed by atoms with van der Waals surface area (Å²) in [7, 11) is -6.33. The highest BCUT2D eigenvalue weighted by Gasteiger charge is 2.17. The zero-order valence-corrected chi connectivity index (χ0v) is 20.0. The zero-order chi connectivity index (χ0) is 24.2. The van der Waals surface area contributed by atoms with Crippen molar-refractivity contribution in [3.63, 3.8) is 0 Å². The highest BCUT2D eigenvalue weighted by Crippen LogP contribution is 2.21. The Bertz CT molecular complexity index is 1370. The summed E-state index contributed by atoms with van der Waals surface area (Å²) in [5.74, 6) is -0.826. The number of nitrogens with one attached hydrogen (secondary N) is 2. The van der Waals surface area contributed by atoms with Gasteiger partial charge in [0, 0.05) is 11.4 Å². The number of sulfonamides is 2. The van der Waals surface area contributed by atoms with Crippen LogP contribution in [-0.2, 0) is 30.5 Å². The van der Waals surface area contributed by atoms with Crippen molar-refractivity contribution in [3.05, 3.63) is 89.0 Å². The number of aryl methyl sites for hydroxylation is 2. The van der Waals surface area contributed by atoms with Crippen molar-refractivity contribution in [2.75, 3.05) is 16.6 Å². The van der Waals surface area contributed by atoms with Crippen LogP contribution in [0.1, 0.15) is 27.0 Å². The van der Waals surface area contributed by atoms with Crippen LogP contribution in [0.25, 0.3) is 0 Å². The molecule has 2 N–H and O–H groups in total. The molecule has 0 saturated carbocycles. The van der Waals surface area contributed by atoms with Gasteiger partial charge in [0.1, 0.15) is 0 Å². The van der Waals surface area contributed by atoms with Gasteiger partial charge in [0.15, 0.2) is 0 Å². The molecule has 10 heteroatoms. The fourth-order valence-corrected chi connectivity index (χ4v) is 5.26. The molecule has 0 aliphatic heterocycles. The summed E-state index contributed by atoms with van der Waals surface area (Å²) < 4.78 is 59.8. The van der Waals surface area contributed by atoms with Gasteiger partial charge in [0.25, 0.3) is 10.0 Å². The van der Waals surface area contributed by atoms with Crippen molar-refractivity contribution >= 4 is 37.4 Å². The summed E-state index contributed by atoms with van der Waals surface area (Å²) >= 11 is 0. The Morgan fingerprint density at radius 2 is 1.39 bits per heavy atom. The first-order valence-electron chi connectivity index (χ1n) is 9.87. The standard InChI is InChI=1S/C23H24N2O6S2/c1-16-4-9-21(14-17(16)2)25-33(29,30)22-12-10-20(11-13-22)24-32(27,28)15-18-5-7-19(8-6-18)23(26)31-3/h4-14,24-25H,15H2,1-3H3. The van der Waals surface area contributed by atoms with Gasteiger partial charge in [-0.15, -0.1) is 0 Å². The van der Waals surface area contributed by atoms with Gasteiger partial charge in [-0.2, -0.15) is 0 Å². The molecule has 0 aromatic heterocycles. The molecule has 8 nitrogen and oxygen atoms in total. The first-order chi connectivity index (χ1) is 15.5. The fraction of sp³-hybridized carbons (Fsp3) is 0.174. The summed E-state index contributed by atoms with van der Waals surface area (Å²) in [6.45, 7) is 3.83. The molecule has 0 amide bonds. The van der Waals surface area contributed by atoms with E-state index in [1.165, 1.54) is 55.6 Å². The van der Waals surface area contributed by atoms with Gasteiger partial charge < -0.3 is 4.74 Å². The average Bonchev–Trinajstić information content (AvgIpc) is 2.76. The third-order valence-electron chi connectivity index (χ3n) is 4.93. The Morgan fingerprint density at radius 1 is 0.788 bits per heavy atom. The van der Waals surface area contributed by atoms with Crippen LogP contribution in [-0.4, -0.2) is 29.9 Å². The minimum atomic E-state index is -3.83. The second kappa shape index (κ2) is 9.63. The highest BCUT2D eigenvalue weighted by molar-refractivity contribution is 7.92. The lowest BCUT2D eigenvalue weighted by Gasteiger charge is -2.11. The van der Waals surface area contributed by atoms with Crippen molar-refractivity contribution in [1.82, 2.24) is 0 Å². The predicted octanol–water partition coefficient (Wildman–Crippen LogP) is 3.83. The number of anilines is 2. The summed E-state index contributed by atoms with van der Waals surface area (Å²) in [5.41, 5.74) is 3.48. The van der Waals surface area contributed by atoms with Gasteiger partial charge in [0.05, 0.1) is 23.3 Å². The van der Waals surface area contributed by atoms with E-state index in [9.17, 15) is 21.6 Å². The van der Waals surface area contributed by atoms with Gasteiger partial charge in [-0.1, -0.05) is 18.2 Å². The molecule has 3 rings (SSSR count). The van der Waals surface area contributed by atoms with Gasteiger partial charge >= 0.3 is 5.97 Å².